The summed E-state index contributed by atoms with van der Waals surface area (Å²) < 4.78 is 6.13. The van der Waals surface area contributed by atoms with E-state index in [4.69, 9.17) is 4.42 Å². The van der Waals surface area contributed by atoms with Crippen molar-refractivity contribution in [2.75, 3.05) is 0 Å². The predicted octanol–water partition coefficient (Wildman–Crippen LogP) is 17.2. The number of hydrogen-bond donors (Lipinski definition) is 0. The van der Waals surface area contributed by atoms with Crippen LogP contribution in [0.1, 0.15) is 25.0 Å². The molecular formula is C61H40O. The summed E-state index contributed by atoms with van der Waals surface area (Å²) in [5.41, 5.74) is 17.1. The Labute approximate surface area is 360 Å². The molecule has 0 amide bonds. The third kappa shape index (κ3) is 4.97. The molecule has 11 aromatic carbocycles. The van der Waals surface area contributed by atoms with E-state index in [1.165, 1.54) is 110 Å². The number of hydrogen-bond acceptors (Lipinski definition) is 1. The molecule has 1 aromatic heterocycles. The SMILES string of the molecule is CC1(C)c2cccc(-c3ccc(-c4c5ccccc5c(-c5ccc(-c6ccc7oc8ccccc8c7c6)cc5)c5ccccc45)cc3)c2-c2c1c1ccccc1c1ccccc21. The summed E-state index contributed by atoms with van der Waals surface area (Å²) >= 11 is 0. The van der Waals surface area contributed by atoms with Crippen molar-refractivity contribution in [3.63, 3.8) is 0 Å². The third-order valence-corrected chi connectivity index (χ3v) is 13.8. The molecule has 1 heterocycles. The number of rotatable bonds is 4. The van der Waals surface area contributed by atoms with E-state index in [1.807, 2.05) is 12.1 Å². The third-order valence-electron chi connectivity index (χ3n) is 13.8. The van der Waals surface area contributed by atoms with Gasteiger partial charge in [-0.3, -0.25) is 0 Å². The highest BCUT2D eigenvalue weighted by Crippen LogP contribution is 2.57. The molecule has 0 saturated carbocycles. The van der Waals surface area contributed by atoms with Crippen molar-refractivity contribution in [2.45, 2.75) is 19.3 Å². The molecule has 0 radical (unpaired) electrons. The van der Waals surface area contributed by atoms with Crippen LogP contribution in [-0.2, 0) is 5.41 Å². The van der Waals surface area contributed by atoms with Crippen LogP contribution in [0.2, 0.25) is 0 Å². The van der Waals surface area contributed by atoms with E-state index in [2.05, 4.69) is 208 Å². The first kappa shape index (κ1) is 35.1. The Bertz CT molecular complexity index is 3750. The van der Waals surface area contributed by atoms with Gasteiger partial charge in [0.25, 0.3) is 0 Å². The molecule has 1 heteroatoms. The lowest BCUT2D eigenvalue weighted by atomic mass is 9.79. The minimum Gasteiger partial charge on any atom is -0.456 e. The minimum atomic E-state index is -0.145. The van der Waals surface area contributed by atoms with Gasteiger partial charge in [-0.25, -0.2) is 0 Å². The fourth-order valence-corrected chi connectivity index (χ4v) is 11.1. The fraction of sp³-hybridized carbons (Fsp3) is 0.0492. The minimum absolute atomic E-state index is 0.145. The van der Waals surface area contributed by atoms with Crippen molar-refractivity contribution in [1.82, 2.24) is 0 Å². The van der Waals surface area contributed by atoms with E-state index < -0.39 is 0 Å². The van der Waals surface area contributed by atoms with Gasteiger partial charge in [0.05, 0.1) is 0 Å². The van der Waals surface area contributed by atoms with Crippen molar-refractivity contribution in [1.29, 1.82) is 0 Å². The zero-order chi connectivity index (χ0) is 41.1. The largest absolute Gasteiger partial charge is 0.456 e. The van der Waals surface area contributed by atoms with Crippen LogP contribution in [0.3, 0.4) is 0 Å². The van der Waals surface area contributed by atoms with Gasteiger partial charge in [-0.15, -0.1) is 0 Å². The molecule has 1 aliphatic rings. The summed E-state index contributed by atoms with van der Waals surface area (Å²) in [6.07, 6.45) is 0. The van der Waals surface area contributed by atoms with Gasteiger partial charge in [-0.1, -0.05) is 202 Å². The lowest BCUT2D eigenvalue weighted by molar-refractivity contribution is 0.666. The summed E-state index contributed by atoms with van der Waals surface area (Å²) in [7, 11) is 0. The summed E-state index contributed by atoms with van der Waals surface area (Å²) in [4.78, 5) is 0. The quantitative estimate of drug-likeness (QED) is 0.128. The second-order valence-electron chi connectivity index (χ2n) is 17.5. The van der Waals surface area contributed by atoms with Gasteiger partial charge in [-0.05, 0) is 128 Å². The first-order valence-electron chi connectivity index (χ1n) is 21.7. The molecule has 62 heavy (non-hydrogen) atoms. The molecule has 1 aliphatic carbocycles. The van der Waals surface area contributed by atoms with E-state index in [0.717, 1.165) is 21.9 Å². The van der Waals surface area contributed by atoms with Crippen LogP contribution in [0.25, 0.3) is 121 Å². The van der Waals surface area contributed by atoms with Gasteiger partial charge in [0.15, 0.2) is 0 Å². The molecule has 0 N–H and O–H groups in total. The maximum atomic E-state index is 6.13. The zero-order valence-electron chi connectivity index (χ0n) is 34.5. The van der Waals surface area contributed by atoms with Gasteiger partial charge in [0.1, 0.15) is 11.2 Å². The Balaban J connectivity index is 0.937. The monoisotopic (exact) mass is 788 g/mol. The van der Waals surface area contributed by atoms with Crippen LogP contribution in [0.5, 0.6) is 0 Å². The lowest BCUT2D eigenvalue weighted by Crippen LogP contribution is -2.15. The second-order valence-corrected chi connectivity index (χ2v) is 17.5. The first-order chi connectivity index (χ1) is 30.5. The van der Waals surface area contributed by atoms with Crippen molar-refractivity contribution < 1.29 is 4.42 Å². The molecule has 1 nitrogen and oxygen atoms in total. The Morgan fingerprint density at radius 1 is 0.290 bits per heavy atom. The van der Waals surface area contributed by atoms with Gasteiger partial charge in [0, 0.05) is 16.2 Å². The molecule has 0 unspecified atom stereocenters. The zero-order valence-corrected chi connectivity index (χ0v) is 34.5. The van der Waals surface area contributed by atoms with Gasteiger partial charge < -0.3 is 4.42 Å². The summed E-state index contributed by atoms with van der Waals surface area (Å²) in [6, 6.07) is 76.1. The summed E-state index contributed by atoms with van der Waals surface area (Å²) in [5, 5.41) is 12.6. The van der Waals surface area contributed by atoms with E-state index in [0.29, 0.717) is 0 Å². The lowest BCUT2D eigenvalue weighted by Gasteiger charge is -2.24. The molecule has 13 rings (SSSR count). The molecule has 0 atom stereocenters. The van der Waals surface area contributed by atoms with Crippen molar-refractivity contribution in [3.05, 3.63) is 217 Å². The van der Waals surface area contributed by atoms with E-state index in [-0.39, 0.29) is 5.41 Å². The molecule has 0 bridgehead atoms. The number of benzene rings is 11. The standard InChI is InChI=1S/C61H40O/c1-61(2)53-24-13-23-42(58(53)59-46-17-5-3-14-43(46)44-15-4-10-22-51(44)60(59)61)38-28-32-40(33-29-38)57-49-20-8-6-18-47(49)56(48-19-7-9-21-50(48)57)39-30-26-37(27-31-39)41-34-35-55-52(36-41)45-16-11-12-25-54(45)62-55/h3-36H,1-2H3. The van der Waals surface area contributed by atoms with Crippen molar-refractivity contribution >= 4 is 65.0 Å². The highest BCUT2D eigenvalue weighted by molar-refractivity contribution is 6.22. The maximum absolute atomic E-state index is 6.13. The van der Waals surface area contributed by atoms with E-state index >= 15 is 0 Å². The Kier molecular flexibility index (Phi) is 7.42. The normalized spacial score (nSPS) is 13.1. The van der Waals surface area contributed by atoms with Crippen LogP contribution in [0.15, 0.2) is 211 Å². The second kappa shape index (κ2) is 13.1. The van der Waals surface area contributed by atoms with Crippen molar-refractivity contribution in [3.8, 4) is 55.6 Å². The highest BCUT2D eigenvalue weighted by Gasteiger charge is 2.39. The Hall–Kier alpha value is -7.74. The van der Waals surface area contributed by atoms with Gasteiger partial charge >= 0.3 is 0 Å². The fourth-order valence-electron chi connectivity index (χ4n) is 11.1. The number of para-hydroxylation sites is 1. The van der Waals surface area contributed by atoms with Crippen LogP contribution in [0.4, 0.5) is 0 Å². The molecule has 0 spiro atoms. The van der Waals surface area contributed by atoms with E-state index in [9.17, 15) is 0 Å². The number of fused-ring (bicyclic) bond motifs is 13. The van der Waals surface area contributed by atoms with Crippen molar-refractivity contribution in [2.24, 2.45) is 0 Å². The smallest absolute Gasteiger partial charge is 0.135 e. The average Bonchev–Trinajstić information content (AvgIpc) is 3.82. The Morgan fingerprint density at radius 3 is 1.32 bits per heavy atom. The van der Waals surface area contributed by atoms with Crippen LogP contribution >= 0.6 is 0 Å². The molecule has 0 fully saturated rings. The Morgan fingerprint density at radius 2 is 0.726 bits per heavy atom. The van der Waals surface area contributed by atoms with Gasteiger partial charge in [-0.2, -0.15) is 0 Å². The summed E-state index contributed by atoms with van der Waals surface area (Å²) in [5.74, 6) is 0. The van der Waals surface area contributed by atoms with Crippen LogP contribution < -0.4 is 0 Å². The summed E-state index contributed by atoms with van der Waals surface area (Å²) in [6.45, 7) is 4.81. The molecule has 0 saturated heterocycles. The topological polar surface area (TPSA) is 13.1 Å². The first-order valence-corrected chi connectivity index (χ1v) is 21.7. The van der Waals surface area contributed by atoms with Gasteiger partial charge in [0.2, 0.25) is 0 Å². The number of furan rings is 1. The predicted molar refractivity (Wildman–Crippen MR) is 263 cm³/mol. The maximum Gasteiger partial charge on any atom is 0.135 e. The van der Waals surface area contributed by atoms with Crippen LogP contribution in [0, 0.1) is 0 Å². The molecular weight excluding hydrogens is 749 g/mol. The van der Waals surface area contributed by atoms with E-state index in [1.54, 1.807) is 0 Å². The average molecular weight is 789 g/mol. The highest BCUT2D eigenvalue weighted by atomic mass is 16.3. The molecule has 290 valence electrons. The molecule has 12 aromatic rings. The van der Waals surface area contributed by atoms with Crippen LogP contribution in [-0.4, -0.2) is 0 Å². The molecule has 0 aliphatic heterocycles.